The van der Waals surface area contributed by atoms with Crippen molar-refractivity contribution in [3.8, 4) is 17.6 Å². The number of benzene rings is 2. The molecule has 2 N–H and O–H groups in total. The van der Waals surface area contributed by atoms with E-state index in [1.54, 1.807) is 30.5 Å². The average molecular weight is 512 g/mol. The van der Waals surface area contributed by atoms with Gasteiger partial charge < -0.3 is 19.9 Å². The number of anilines is 2. The number of halogens is 5. The molecule has 0 spiro atoms. The number of nitrogens with zero attached hydrogens (tertiary/aromatic N) is 1. The van der Waals surface area contributed by atoms with Crippen LogP contribution in [0.3, 0.4) is 0 Å². The van der Waals surface area contributed by atoms with Gasteiger partial charge in [0.05, 0.1) is 36.6 Å². The normalized spacial score (nSPS) is 17.4. The molecule has 0 bridgehead atoms. The van der Waals surface area contributed by atoms with E-state index >= 15 is 0 Å². The largest absolute Gasteiger partial charge is 0.495 e. The van der Waals surface area contributed by atoms with E-state index < -0.39 is 35.5 Å². The molecule has 0 saturated heterocycles. The number of methoxy groups -OCH3 is 1. The smallest absolute Gasteiger partial charge is 0.406 e. The molecule has 1 aromatic heterocycles. The SMILES string of the molecule is COc1cc(S(C)=O)ccc1NCC#Cc1cc2c(NC3CC3(F)F)cccc2n1CC(F)(F)F. The Labute approximate surface area is 201 Å². The van der Waals surface area contributed by atoms with E-state index in [0.717, 1.165) is 4.57 Å². The Morgan fingerprint density at radius 2 is 1.94 bits per heavy atom. The Hall–Kier alpha value is -3.26. The van der Waals surface area contributed by atoms with Crippen molar-refractivity contribution >= 4 is 33.1 Å². The molecule has 1 heterocycles. The molecule has 0 radical (unpaired) electrons. The third kappa shape index (κ3) is 5.70. The van der Waals surface area contributed by atoms with Gasteiger partial charge in [-0.2, -0.15) is 13.2 Å². The second-order valence-electron chi connectivity index (χ2n) is 8.10. The number of hydrogen-bond donors (Lipinski definition) is 2. The monoisotopic (exact) mass is 511 g/mol. The lowest BCUT2D eigenvalue weighted by atomic mass is 10.2. The second-order valence-corrected chi connectivity index (χ2v) is 9.48. The molecule has 5 nitrogen and oxygen atoms in total. The maximum atomic E-state index is 13.4. The Morgan fingerprint density at radius 1 is 1.20 bits per heavy atom. The highest BCUT2D eigenvalue weighted by Gasteiger charge is 2.57. The van der Waals surface area contributed by atoms with Gasteiger partial charge in [-0.3, -0.25) is 4.21 Å². The highest BCUT2D eigenvalue weighted by molar-refractivity contribution is 7.84. The van der Waals surface area contributed by atoms with E-state index in [0.29, 0.717) is 27.4 Å². The number of alkyl halides is 5. The van der Waals surface area contributed by atoms with E-state index in [4.69, 9.17) is 4.74 Å². The van der Waals surface area contributed by atoms with Crippen LogP contribution in [0, 0.1) is 11.8 Å². The number of hydrogen-bond acceptors (Lipinski definition) is 4. The first-order valence-electron chi connectivity index (χ1n) is 10.6. The average Bonchev–Trinajstić information content (AvgIpc) is 3.24. The number of nitrogens with one attached hydrogen (secondary N) is 2. The van der Waals surface area contributed by atoms with Gasteiger partial charge in [0, 0.05) is 39.4 Å². The Morgan fingerprint density at radius 3 is 2.57 bits per heavy atom. The third-order valence-electron chi connectivity index (χ3n) is 5.53. The first-order chi connectivity index (χ1) is 16.5. The van der Waals surface area contributed by atoms with Gasteiger partial charge in [-0.15, -0.1) is 0 Å². The summed E-state index contributed by atoms with van der Waals surface area (Å²) in [5.41, 5.74) is 1.28. The van der Waals surface area contributed by atoms with Gasteiger partial charge in [-0.1, -0.05) is 12.0 Å². The summed E-state index contributed by atoms with van der Waals surface area (Å²) in [4.78, 5) is 0.587. The van der Waals surface area contributed by atoms with Crippen LogP contribution in [0.5, 0.6) is 5.75 Å². The molecule has 0 aliphatic heterocycles. The molecule has 2 unspecified atom stereocenters. The van der Waals surface area contributed by atoms with Crippen LogP contribution >= 0.6 is 0 Å². The van der Waals surface area contributed by atoms with Crippen molar-refractivity contribution in [3.05, 3.63) is 48.2 Å². The molecular weight excluding hydrogens is 489 g/mol. The van der Waals surface area contributed by atoms with Crippen molar-refractivity contribution in [2.45, 2.75) is 36.0 Å². The molecule has 2 aromatic carbocycles. The minimum absolute atomic E-state index is 0.0951. The van der Waals surface area contributed by atoms with E-state index in [1.165, 1.54) is 25.3 Å². The zero-order chi connectivity index (χ0) is 25.4. The van der Waals surface area contributed by atoms with Crippen LogP contribution in [-0.2, 0) is 17.3 Å². The lowest BCUT2D eigenvalue weighted by molar-refractivity contribution is -0.140. The van der Waals surface area contributed by atoms with Crippen LogP contribution in [-0.4, -0.2) is 46.8 Å². The summed E-state index contributed by atoms with van der Waals surface area (Å²) >= 11 is 0. The first-order valence-corrected chi connectivity index (χ1v) is 12.1. The zero-order valence-corrected chi connectivity index (χ0v) is 19.6. The molecule has 4 rings (SSSR count). The summed E-state index contributed by atoms with van der Waals surface area (Å²) < 4.78 is 84.6. The second kappa shape index (κ2) is 9.41. The fraction of sp³-hybridized carbons (Fsp3) is 0.333. The Kier molecular flexibility index (Phi) is 6.68. The van der Waals surface area contributed by atoms with E-state index in [1.807, 2.05) is 0 Å². The predicted molar refractivity (Wildman–Crippen MR) is 126 cm³/mol. The number of rotatable bonds is 7. The molecule has 1 aliphatic carbocycles. The number of fused-ring (bicyclic) bond motifs is 1. The van der Waals surface area contributed by atoms with Crippen LogP contribution in [0.4, 0.5) is 33.3 Å². The van der Waals surface area contributed by atoms with Crippen LogP contribution in [0.2, 0.25) is 0 Å². The van der Waals surface area contributed by atoms with Crippen molar-refractivity contribution in [1.29, 1.82) is 0 Å². The van der Waals surface area contributed by atoms with Gasteiger partial charge >= 0.3 is 6.18 Å². The highest BCUT2D eigenvalue weighted by Crippen LogP contribution is 2.44. The van der Waals surface area contributed by atoms with Gasteiger partial charge in [0.25, 0.3) is 5.92 Å². The van der Waals surface area contributed by atoms with Crippen molar-refractivity contribution in [1.82, 2.24) is 4.57 Å². The minimum atomic E-state index is -4.50. The molecule has 0 amide bonds. The van der Waals surface area contributed by atoms with Gasteiger partial charge in [0.1, 0.15) is 12.3 Å². The topological polar surface area (TPSA) is 55.3 Å². The third-order valence-corrected chi connectivity index (χ3v) is 6.45. The van der Waals surface area contributed by atoms with Crippen molar-refractivity contribution in [2.75, 3.05) is 30.5 Å². The summed E-state index contributed by atoms with van der Waals surface area (Å²) in [6.07, 6.45) is -3.27. The predicted octanol–water partition coefficient (Wildman–Crippen LogP) is 5.23. The molecule has 1 aliphatic rings. The van der Waals surface area contributed by atoms with Crippen LogP contribution in [0.15, 0.2) is 47.4 Å². The fourth-order valence-electron chi connectivity index (χ4n) is 3.69. The van der Waals surface area contributed by atoms with E-state index in [9.17, 15) is 26.2 Å². The molecule has 186 valence electrons. The molecular formula is C24H22F5N3O2S. The number of aromatic nitrogens is 1. The molecule has 3 aromatic rings. The maximum Gasteiger partial charge on any atom is 0.406 e. The molecule has 1 saturated carbocycles. The van der Waals surface area contributed by atoms with Crippen molar-refractivity contribution in [3.63, 3.8) is 0 Å². The first kappa shape index (κ1) is 24.9. The summed E-state index contributed by atoms with van der Waals surface area (Å²) in [5.74, 6) is 3.20. The molecule has 2 atom stereocenters. The summed E-state index contributed by atoms with van der Waals surface area (Å²) in [6.45, 7) is -1.17. The summed E-state index contributed by atoms with van der Waals surface area (Å²) in [6, 6.07) is 10.0. The van der Waals surface area contributed by atoms with Gasteiger partial charge in [-0.25, -0.2) is 8.78 Å². The lowest BCUT2D eigenvalue weighted by Crippen LogP contribution is -2.18. The standard InChI is InChI=1S/C24H22F5N3O2S/c1-34-21-12-16(35(2)33)8-9-19(21)30-10-4-5-15-11-17-18(31-22-13-23(22,25)26)6-3-7-20(17)32(15)14-24(27,28)29/h3,6-9,11-12,22,30-31H,10,13-14H2,1-2H3. The van der Waals surface area contributed by atoms with Crippen LogP contribution in [0.1, 0.15) is 12.1 Å². The molecule has 35 heavy (non-hydrogen) atoms. The summed E-state index contributed by atoms with van der Waals surface area (Å²) in [7, 11) is 0.282. The Balaban J connectivity index is 1.60. The minimum Gasteiger partial charge on any atom is -0.495 e. The lowest BCUT2D eigenvalue weighted by Gasteiger charge is -2.12. The summed E-state index contributed by atoms with van der Waals surface area (Å²) in [5, 5.41) is 6.15. The highest BCUT2D eigenvalue weighted by atomic mass is 32.2. The van der Waals surface area contributed by atoms with Gasteiger partial charge in [0.2, 0.25) is 0 Å². The van der Waals surface area contributed by atoms with Crippen molar-refractivity contribution < 1.29 is 30.9 Å². The van der Waals surface area contributed by atoms with Crippen molar-refractivity contribution in [2.24, 2.45) is 0 Å². The van der Waals surface area contributed by atoms with Gasteiger partial charge in [0.15, 0.2) is 0 Å². The maximum absolute atomic E-state index is 13.4. The van der Waals surface area contributed by atoms with Crippen LogP contribution < -0.4 is 15.4 Å². The van der Waals surface area contributed by atoms with Gasteiger partial charge in [-0.05, 0) is 42.3 Å². The van der Waals surface area contributed by atoms with E-state index in [2.05, 4.69) is 22.5 Å². The number of ether oxygens (including phenoxy) is 1. The molecule has 1 fully saturated rings. The quantitative estimate of drug-likeness (QED) is 0.337. The fourth-order valence-corrected chi connectivity index (χ4v) is 4.22. The van der Waals surface area contributed by atoms with Crippen LogP contribution in [0.25, 0.3) is 10.9 Å². The van der Waals surface area contributed by atoms with E-state index in [-0.39, 0.29) is 24.2 Å². The zero-order valence-electron chi connectivity index (χ0n) is 18.8. The molecule has 11 heteroatoms. The Bertz CT molecular complexity index is 1340.